The molecule has 0 aliphatic heterocycles. The first-order valence-electron chi connectivity index (χ1n) is 7.71. The summed E-state index contributed by atoms with van der Waals surface area (Å²) < 4.78 is 10.7. The minimum Gasteiger partial charge on any atom is -0.497 e. The van der Waals surface area contributed by atoms with Crippen molar-refractivity contribution in [1.82, 2.24) is 5.32 Å². The fraction of sp³-hybridized carbons (Fsp3) is 0.368. The molecule has 0 saturated heterocycles. The lowest BCUT2D eigenvalue weighted by molar-refractivity contribution is 0.388. The molecule has 0 saturated carbocycles. The topological polar surface area (TPSA) is 30.5 Å². The van der Waals surface area contributed by atoms with E-state index in [4.69, 9.17) is 9.47 Å². The number of methoxy groups -OCH3 is 2. The number of hydrogen-bond donors (Lipinski definition) is 1. The highest BCUT2D eigenvalue weighted by Crippen LogP contribution is 2.24. The third kappa shape index (κ3) is 6.12. The van der Waals surface area contributed by atoms with Crippen LogP contribution in [0, 0.1) is 0 Å². The summed E-state index contributed by atoms with van der Waals surface area (Å²) in [6.07, 6.45) is 2.21. The van der Waals surface area contributed by atoms with Gasteiger partial charge in [-0.2, -0.15) is 0 Å². The van der Waals surface area contributed by atoms with Crippen LogP contribution in [0.5, 0.6) is 11.5 Å². The van der Waals surface area contributed by atoms with Crippen molar-refractivity contribution in [3.8, 4) is 11.5 Å². The van der Waals surface area contributed by atoms with E-state index in [0.29, 0.717) is 6.04 Å². The van der Waals surface area contributed by atoms with E-state index in [-0.39, 0.29) is 12.4 Å². The standard InChI is InChI=1S/C19H25NO2.ClH/c1-15(9-10-16-7-5-4-6-8-16)20-14-17-11-12-18(21-2)13-19(17)22-3;/h4-8,11-13,15,20H,9-10,14H2,1-3H3;1H. The first-order chi connectivity index (χ1) is 10.7. The molecule has 0 bridgehead atoms. The maximum Gasteiger partial charge on any atom is 0.127 e. The first-order valence-corrected chi connectivity index (χ1v) is 7.71. The quantitative estimate of drug-likeness (QED) is 0.782. The van der Waals surface area contributed by atoms with E-state index < -0.39 is 0 Å². The third-order valence-corrected chi connectivity index (χ3v) is 3.84. The molecule has 1 atom stereocenters. The molecule has 0 aliphatic rings. The fourth-order valence-electron chi connectivity index (χ4n) is 2.41. The molecule has 0 aromatic heterocycles. The van der Waals surface area contributed by atoms with Gasteiger partial charge in [0.15, 0.2) is 0 Å². The lowest BCUT2D eigenvalue weighted by Gasteiger charge is -2.16. The molecule has 0 fully saturated rings. The molecular formula is C19H26ClNO2. The monoisotopic (exact) mass is 335 g/mol. The van der Waals surface area contributed by atoms with Crippen LogP contribution < -0.4 is 14.8 Å². The van der Waals surface area contributed by atoms with Crippen LogP contribution in [-0.4, -0.2) is 20.3 Å². The van der Waals surface area contributed by atoms with Crippen molar-refractivity contribution < 1.29 is 9.47 Å². The summed E-state index contributed by atoms with van der Waals surface area (Å²) in [5, 5.41) is 3.56. The lowest BCUT2D eigenvalue weighted by Crippen LogP contribution is -2.26. The molecule has 0 spiro atoms. The summed E-state index contributed by atoms with van der Waals surface area (Å²) in [6.45, 7) is 3.02. The Morgan fingerprint density at radius 3 is 2.39 bits per heavy atom. The molecule has 0 aliphatic carbocycles. The van der Waals surface area contributed by atoms with E-state index in [2.05, 4.69) is 48.6 Å². The highest BCUT2D eigenvalue weighted by atomic mass is 35.5. The van der Waals surface area contributed by atoms with Crippen molar-refractivity contribution in [1.29, 1.82) is 0 Å². The van der Waals surface area contributed by atoms with Gasteiger partial charge in [-0.1, -0.05) is 36.4 Å². The number of ether oxygens (including phenoxy) is 2. The van der Waals surface area contributed by atoms with Crippen LogP contribution in [0.15, 0.2) is 48.5 Å². The van der Waals surface area contributed by atoms with Crippen LogP contribution in [0.1, 0.15) is 24.5 Å². The summed E-state index contributed by atoms with van der Waals surface area (Å²) >= 11 is 0. The Labute approximate surface area is 145 Å². The number of rotatable bonds is 8. The van der Waals surface area contributed by atoms with Gasteiger partial charge in [0.25, 0.3) is 0 Å². The van der Waals surface area contributed by atoms with Crippen LogP contribution in [0.3, 0.4) is 0 Å². The molecule has 1 unspecified atom stereocenters. The Bertz CT molecular complexity index is 575. The summed E-state index contributed by atoms with van der Waals surface area (Å²) in [5.41, 5.74) is 2.54. The van der Waals surface area contributed by atoms with Crippen molar-refractivity contribution in [2.24, 2.45) is 0 Å². The Balaban J connectivity index is 0.00000264. The van der Waals surface area contributed by atoms with E-state index >= 15 is 0 Å². The summed E-state index contributed by atoms with van der Waals surface area (Å²) in [5.74, 6) is 1.68. The highest BCUT2D eigenvalue weighted by molar-refractivity contribution is 5.85. The molecule has 0 amide bonds. The van der Waals surface area contributed by atoms with Gasteiger partial charge in [-0.05, 0) is 31.4 Å². The molecule has 0 heterocycles. The summed E-state index contributed by atoms with van der Waals surface area (Å²) in [6, 6.07) is 17.0. The van der Waals surface area contributed by atoms with Gasteiger partial charge in [0, 0.05) is 24.2 Å². The summed E-state index contributed by atoms with van der Waals surface area (Å²) in [4.78, 5) is 0. The van der Waals surface area contributed by atoms with Gasteiger partial charge in [-0.3, -0.25) is 0 Å². The predicted molar refractivity (Wildman–Crippen MR) is 97.9 cm³/mol. The van der Waals surface area contributed by atoms with Crippen molar-refractivity contribution in [2.75, 3.05) is 14.2 Å². The van der Waals surface area contributed by atoms with Crippen molar-refractivity contribution in [2.45, 2.75) is 32.4 Å². The zero-order valence-corrected chi connectivity index (χ0v) is 14.9. The predicted octanol–water partition coefficient (Wildman–Crippen LogP) is 4.24. The molecule has 2 rings (SSSR count). The SMILES string of the molecule is COc1ccc(CNC(C)CCc2ccccc2)c(OC)c1.Cl. The van der Waals surface area contributed by atoms with Crippen LogP contribution in [0.25, 0.3) is 0 Å². The smallest absolute Gasteiger partial charge is 0.127 e. The molecule has 126 valence electrons. The molecule has 2 aromatic carbocycles. The minimum atomic E-state index is 0. The van der Waals surface area contributed by atoms with Gasteiger partial charge < -0.3 is 14.8 Å². The molecule has 0 radical (unpaired) electrons. The van der Waals surface area contributed by atoms with Gasteiger partial charge in [-0.25, -0.2) is 0 Å². The van der Waals surface area contributed by atoms with Gasteiger partial charge in [-0.15, -0.1) is 12.4 Å². The van der Waals surface area contributed by atoms with Gasteiger partial charge in [0.05, 0.1) is 14.2 Å². The average Bonchev–Trinajstić information content (AvgIpc) is 2.58. The van der Waals surface area contributed by atoms with Gasteiger partial charge >= 0.3 is 0 Å². The molecular weight excluding hydrogens is 310 g/mol. The highest BCUT2D eigenvalue weighted by Gasteiger charge is 2.07. The zero-order valence-electron chi connectivity index (χ0n) is 14.0. The Hall–Kier alpha value is -1.71. The van der Waals surface area contributed by atoms with Crippen molar-refractivity contribution in [3.63, 3.8) is 0 Å². The second kappa shape index (κ2) is 10.1. The van der Waals surface area contributed by atoms with E-state index in [1.54, 1.807) is 14.2 Å². The largest absolute Gasteiger partial charge is 0.497 e. The van der Waals surface area contributed by atoms with E-state index in [1.165, 1.54) is 5.56 Å². The first kappa shape index (κ1) is 19.3. The second-order valence-electron chi connectivity index (χ2n) is 5.48. The molecule has 1 N–H and O–H groups in total. The van der Waals surface area contributed by atoms with E-state index in [0.717, 1.165) is 36.4 Å². The van der Waals surface area contributed by atoms with Crippen LogP contribution in [0.2, 0.25) is 0 Å². The molecule has 3 nitrogen and oxygen atoms in total. The lowest BCUT2D eigenvalue weighted by atomic mass is 10.1. The van der Waals surface area contributed by atoms with Crippen LogP contribution in [0.4, 0.5) is 0 Å². The molecule has 2 aromatic rings. The van der Waals surface area contributed by atoms with E-state index in [1.807, 2.05) is 12.1 Å². The number of hydrogen-bond acceptors (Lipinski definition) is 3. The number of aryl methyl sites for hydroxylation is 1. The van der Waals surface area contributed by atoms with E-state index in [9.17, 15) is 0 Å². The maximum absolute atomic E-state index is 5.43. The van der Waals surface area contributed by atoms with Crippen LogP contribution >= 0.6 is 12.4 Å². The molecule has 23 heavy (non-hydrogen) atoms. The number of halogens is 1. The maximum atomic E-state index is 5.43. The average molecular weight is 336 g/mol. The van der Waals surface area contributed by atoms with Gasteiger partial charge in [0.2, 0.25) is 0 Å². The van der Waals surface area contributed by atoms with Crippen molar-refractivity contribution >= 4 is 12.4 Å². The third-order valence-electron chi connectivity index (χ3n) is 3.84. The normalized spacial score (nSPS) is 11.4. The second-order valence-corrected chi connectivity index (χ2v) is 5.48. The number of nitrogens with one attached hydrogen (secondary N) is 1. The Kier molecular flexibility index (Phi) is 8.52. The van der Waals surface area contributed by atoms with Crippen LogP contribution in [-0.2, 0) is 13.0 Å². The number of benzene rings is 2. The Morgan fingerprint density at radius 1 is 1.00 bits per heavy atom. The summed E-state index contributed by atoms with van der Waals surface area (Å²) in [7, 11) is 3.36. The van der Waals surface area contributed by atoms with Crippen molar-refractivity contribution in [3.05, 3.63) is 59.7 Å². The Morgan fingerprint density at radius 2 is 1.74 bits per heavy atom. The fourth-order valence-corrected chi connectivity index (χ4v) is 2.41. The zero-order chi connectivity index (χ0) is 15.8. The molecule has 4 heteroatoms. The van der Waals surface area contributed by atoms with Gasteiger partial charge in [0.1, 0.15) is 11.5 Å². The minimum absolute atomic E-state index is 0.